The van der Waals surface area contributed by atoms with Crippen LogP contribution in [0.3, 0.4) is 0 Å². The van der Waals surface area contributed by atoms with E-state index in [4.69, 9.17) is 21.7 Å². The molecule has 1 saturated heterocycles. The zero-order chi connectivity index (χ0) is 17.8. The van der Waals surface area contributed by atoms with Crippen molar-refractivity contribution in [1.29, 1.82) is 5.41 Å². The van der Waals surface area contributed by atoms with Crippen molar-refractivity contribution in [3.05, 3.63) is 51.7 Å². The van der Waals surface area contributed by atoms with Crippen LogP contribution in [0.4, 0.5) is 11.4 Å². The Morgan fingerprint density at radius 3 is 2.68 bits per heavy atom. The van der Waals surface area contributed by atoms with Crippen molar-refractivity contribution in [2.45, 2.75) is 19.8 Å². The summed E-state index contributed by atoms with van der Waals surface area (Å²) in [4.78, 5) is 17.5. The molecule has 0 bridgehead atoms. The Morgan fingerprint density at radius 1 is 1.28 bits per heavy atom. The SMILES string of the molecule is CCOC1=CC(=Nc2ccc(N=O)cc2Cl)C(N2CCCC2)=CC1=N. The summed E-state index contributed by atoms with van der Waals surface area (Å²) in [6, 6.07) is 4.74. The first-order chi connectivity index (χ1) is 12.1. The van der Waals surface area contributed by atoms with Gasteiger partial charge in [-0.15, -0.1) is 4.91 Å². The molecule has 25 heavy (non-hydrogen) atoms. The number of nitrogens with one attached hydrogen (secondary N) is 1. The minimum atomic E-state index is 0.264. The second-order valence-electron chi connectivity index (χ2n) is 5.80. The molecule has 2 aliphatic rings. The topological polar surface area (TPSA) is 78.1 Å². The summed E-state index contributed by atoms with van der Waals surface area (Å²) in [5.41, 5.74) is 2.76. The summed E-state index contributed by atoms with van der Waals surface area (Å²) in [6.07, 6.45) is 5.83. The van der Waals surface area contributed by atoms with Crippen LogP contribution in [0.2, 0.25) is 5.02 Å². The average molecular weight is 359 g/mol. The summed E-state index contributed by atoms with van der Waals surface area (Å²) in [5, 5.41) is 11.4. The maximum Gasteiger partial charge on any atom is 0.146 e. The van der Waals surface area contributed by atoms with Crippen molar-refractivity contribution in [2.24, 2.45) is 10.2 Å². The number of halogens is 1. The Balaban J connectivity index is 2.02. The lowest BCUT2D eigenvalue weighted by atomic mass is 10.1. The second-order valence-corrected chi connectivity index (χ2v) is 6.21. The van der Waals surface area contributed by atoms with Crippen LogP contribution in [-0.2, 0) is 4.74 Å². The third kappa shape index (κ3) is 3.79. The molecule has 1 fully saturated rings. The molecule has 1 aromatic carbocycles. The Hall–Kier alpha value is -2.47. The highest BCUT2D eigenvalue weighted by Crippen LogP contribution is 2.31. The number of rotatable bonds is 5. The molecule has 1 aromatic rings. The van der Waals surface area contributed by atoms with E-state index in [9.17, 15) is 4.91 Å². The zero-order valence-electron chi connectivity index (χ0n) is 14.0. The normalized spacial score (nSPS) is 19.0. The fourth-order valence-corrected chi connectivity index (χ4v) is 3.12. The number of nitroso groups, excluding NO2 is 1. The molecule has 0 spiro atoms. The lowest BCUT2D eigenvalue weighted by molar-refractivity contribution is 0.249. The molecule has 0 amide bonds. The minimum Gasteiger partial charge on any atom is -0.492 e. The molecule has 130 valence electrons. The summed E-state index contributed by atoms with van der Waals surface area (Å²) in [6.45, 7) is 4.25. The van der Waals surface area contributed by atoms with Gasteiger partial charge in [0.2, 0.25) is 0 Å². The molecular formula is C18H19ClN4O2. The van der Waals surface area contributed by atoms with Gasteiger partial charge in [-0.1, -0.05) is 11.6 Å². The predicted molar refractivity (Wildman–Crippen MR) is 100 cm³/mol. The standard InChI is InChI=1S/C18H19ClN4O2/c1-2-25-18-11-16(17(10-14(18)20)23-7-3-4-8-23)21-15-6-5-12(22-24)9-13(15)19/h5-6,9-11,20H,2-4,7-8H2,1H3. The largest absolute Gasteiger partial charge is 0.492 e. The van der Waals surface area contributed by atoms with E-state index >= 15 is 0 Å². The predicted octanol–water partition coefficient (Wildman–Crippen LogP) is 4.74. The Bertz CT molecular complexity index is 792. The number of allylic oxidation sites excluding steroid dienone is 2. The third-order valence-electron chi connectivity index (χ3n) is 4.10. The Labute approximate surface area is 151 Å². The van der Waals surface area contributed by atoms with Crippen LogP contribution in [-0.4, -0.2) is 36.0 Å². The number of nitrogens with zero attached hydrogens (tertiary/aromatic N) is 3. The van der Waals surface area contributed by atoms with E-state index in [-0.39, 0.29) is 5.69 Å². The van der Waals surface area contributed by atoms with Gasteiger partial charge >= 0.3 is 0 Å². The number of ether oxygens (including phenoxy) is 1. The van der Waals surface area contributed by atoms with Gasteiger partial charge in [0.25, 0.3) is 0 Å². The highest BCUT2D eigenvalue weighted by molar-refractivity contribution is 6.33. The highest BCUT2D eigenvalue weighted by atomic mass is 35.5. The smallest absolute Gasteiger partial charge is 0.146 e. The van der Waals surface area contributed by atoms with Crippen LogP contribution in [0, 0.1) is 10.3 Å². The van der Waals surface area contributed by atoms with E-state index < -0.39 is 0 Å². The molecule has 1 aliphatic heterocycles. The van der Waals surface area contributed by atoms with E-state index in [1.165, 1.54) is 6.07 Å². The average Bonchev–Trinajstić information content (AvgIpc) is 3.13. The van der Waals surface area contributed by atoms with E-state index in [2.05, 4.69) is 15.1 Å². The fraction of sp³-hybridized carbons (Fsp3) is 0.333. The van der Waals surface area contributed by atoms with Crippen LogP contribution in [0.15, 0.2) is 52.0 Å². The molecule has 0 atom stereocenters. The van der Waals surface area contributed by atoms with Crippen molar-refractivity contribution in [3.63, 3.8) is 0 Å². The molecular weight excluding hydrogens is 340 g/mol. The van der Waals surface area contributed by atoms with Gasteiger partial charge in [0.05, 0.1) is 34.4 Å². The van der Waals surface area contributed by atoms with Crippen LogP contribution >= 0.6 is 11.6 Å². The van der Waals surface area contributed by atoms with Gasteiger partial charge in [-0.2, -0.15) is 0 Å². The summed E-state index contributed by atoms with van der Waals surface area (Å²) in [5.74, 6) is 0.492. The number of likely N-dealkylation sites (tertiary alicyclic amines) is 1. The van der Waals surface area contributed by atoms with Gasteiger partial charge in [-0.3, -0.25) is 5.41 Å². The van der Waals surface area contributed by atoms with Crippen LogP contribution in [0.1, 0.15) is 19.8 Å². The molecule has 0 radical (unpaired) electrons. The molecule has 6 nitrogen and oxygen atoms in total. The monoisotopic (exact) mass is 358 g/mol. The number of hydrogen-bond acceptors (Lipinski definition) is 6. The van der Waals surface area contributed by atoms with Gasteiger partial charge in [0, 0.05) is 19.2 Å². The second kappa shape index (κ2) is 7.61. The Kier molecular flexibility index (Phi) is 5.28. The van der Waals surface area contributed by atoms with Gasteiger partial charge in [0.15, 0.2) is 0 Å². The maximum absolute atomic E-state index is 10.6. The molecule has 0 saturated carbocycles. The first-order valence-electron chi connectivity index (χ1n) is 8.24. The van der Waals surface area contributed by atoms with Gasteiger partial charge in [-0.25, -0.2) is 4.99 Å². The van der Waals surface area contributed by atoms with Gasteiger partial charge in [-0.05, 0) is 49.2 Å². The number of aliphatic imine (C=N–C) groups is 1. The van der Waals surface area contributed by atoms with Crippen molar-refractivity contribution in [1.82, 2.24) is 4.90 Å². The van der Waals surface area contributed by atoms with Crippen molar-refractivity contribution < 1.29 is 4.74 Å². The molecule has 1 aliphatic carbocycles. The molecule has 1 heterocycles. The van der Waals surface area contributed by atoms with E-state index in [1.807, 2.05) is 6.92 Å². The first kappa shape index (κ1) is 17.4. The Morgan fingerprint density at radius 2 is 2.04 bits per heavy atom. The van der Waals surface area contributed by atoms with Crippen LogP contribution < -0.4 is 0 Å². The zero-order valence-corrected chi connectivity index (χ0v) is 14.7. The van der Waals surface area contributed by atoms with E-state index in [1.54, 1.807) is 24.3 Å². The van der Waals surface area contributed by atoms with Crippen molar-refractivity contribution >= 4 is 34.4 Å². The fourth-order valence-electron chi connectivity index (χ4n) is 2.91. The lowest BCUT2D eigenvalue weighted by Gasteiger charge is -2.25. The van der Waals surface area contributed by atoms with Crippen LogP contribution in [0.5, 0.6) is 0 Å². The molecule has 1 N–H and O–H groups in total. The maximum atomic E-state index is 10.6. The van der Waals surface area contributed by atoms with E-state index in [0.717, 1.165) is 31.6 Å². The van der Waals surface area contributed by atoms with E-state index in [0.29, 0.717) is 34.5 Å². The lowest BCUT2D eigenvalue weighted by Crippen LogP contribution is -2.28. The summed E-state index contributed by atoms with van der Waals surface area (Å²) < 4.78 is 5.54. The quantitative estimate of drug-likeness (QED) is 0.609. The molecule has 3 rings (SSSR count). The van der Waals surface area contributed by atoms with Crippen molar-refractivity contribution in [2.75, 3.05) is 19.7 Å². The minimum absolute atomic E-state index is 0.264. The molecule has 0 aromatic heterocycles. The molecule has 7 heteroatoms. The highest BCUT2D eigenvalue weighted by Gasteiger charge is 2.24. The number of benzene rings is 1. The van der Waals surface area contributed by atoms with Crippen molar-refractivity contribution in [3.8, 4) is 0 Å². The van der Waals surface area contributed by atoms with Crippen LogP contribution in [0.25, 0.3) is 0 Å². The number of hydrogen-bond donors (Lipinski definition) is 1. The summed E-state index contributed by atoms with van der Waals surface area (Å²) >= 11 is 6.23. The third-order valence-corrected chi connectivity index (χ3v) is 4.40. The molecule has 0 unspecified atom stereocenters. The summed E-state index contributed by atoms with van der Waals surface area (Å²) in [7, 11) is 0. The van der Waals surface area contributed by atoms with Gasteiger partial charge in [0.1, 0.15) is 11.4 Å². The first-order valence-corrected chi connectivity index (χ1v) is 8.62. The van der Waals surface area contributed by atoms with Gasteiger partial charge < -0.3 is 9.64 Å².